The molecule has 2 N–H and O–H groups in total. The van der Waals surface area contributed by atoms with Gasteiger partial charge in [0.15, 0.2) is 0 Å². The fraction of sp³-hybridized carbons (Fsp3) is 0.391. The minimum atomic E-state index is -0.843. The van der Waals surface area contributed by atoms with Gasteiger partial charge in [0.2, 0.25) is 5.91 Å². The molecule has 4 rings (SSSR count). The van der Waals surface area contributed by atoms with Gasteiger partial charge in [-0.05, 0) is 60.6 Å². The van der Waals surface area contributed by atoms with E-state index in [1.54, 1.807) is 12.4 Å². The third-order valence-electron chi connectivity index (χ3n) is 6.20. The summed E-state index contributed by atoms with van der Waals surface area (Å²) in [5, 5.41) is 5.65. The predicted octanol–water partition coefficient (Wildman–Crippen LogP) is 3.11. The van der Waals surface area contributed by atoms with Gasteiger partial charge >= 0.3 is 6.03 Å². The zero-order valence-electron chi connectivity index (χ0n) is 17.1. The number of carbonyl (C=O) groups excluding carboxylic acids is 3. The number of amides is 4. The van der Waals surface area contributed by atoms with Gasteiger partial charge in [-0.25, -0.2) is 4.79 Å². The van der Waals surface area contributed by atoms with Crippen LogP contribution in [0.2, 0.25) is 0 Å². The molecule has 2 aliphatic rings. The number of nitrogens with zero attached hydrogens (tertiary/aromatic N) is 2. The Bertz CT molecular complexity index is 945. The topological polar surface area (TPSA) is 91.4 Å². The van der Waals surface area contributed by atoms with Crippen LogP contribution in [0.5, 0.6) is 0 Å². The van der Waals surface area contributed by atoms with Crippen LogP contribution >= 0.6 is 0 Å². The molecule has 2 heterocycles. The lowest BCUT2D eigenvalue weighted by atomic mass is 9.73. The van der Waals surface area contributed by atoms with Crippen molar-refractivity contribution in [2.45, 2.75) is 44.6 Å². The standard InChI is InChI=1S/C23H26N4O3/c1-16-4-2-3-11-23(16)21(29)27(22(30)26-23)15-20(28)25-19-7-5-17(6-8-19)14-18-9-12-24-13-10-18/h5-10,12-13,16H,2-4,11,14-15H2,1H3,(H,25,28)(H,26,30). The van der Waals surface area contributed by atoms with E-state index in [0.717, 1.165) is 41.7 Å². The highest BCUT2D eigenvalue weighted by molar-refractivity contribution is 6.10. The van der Waals surface area contributed by atoms with Crippen molar-refractivity contribution in [3.63, 3.8) is 0 Å². The van der Waals surface area contributed by atoms with Crippen LogP contribution in [0.15, 0.2) is 48.8 Å². The molecule has 0 radical (unpaired) electrons. The first-order valence-corrected chi connectivity index (χ1v) is 10.4. The SMILES string of the molecule is CC1CCCCC12NC(=O)N(CC(=O)Nc1ccc(Cc3ccncc3)cc1)C2=O. The number of benzene rings is 1. The van der Waals surface area contributed by atoms with Crippen molar-refractivity contribution in [1.82, 2.24) is 15.2 Å². The number of anilines is 1. The van der Waals surface area contributed by atoms with E-state index in [2.05, 4.69) is 15.6 Å². The minimum absolute atomic E-state index is 0.0729. The molecule has 2 unspecified atom stereocenters. The number of nitrogens with one attached hydrogen (secondary N) is 2. The summed E-state index contributed by atoms with van der Waals surface area (Å²) in [6.45, 7) is 1.71. The van der Waals surface area contributed by atoms with E-state index >= 15 is 0 Å². The second kappa shape index (κ2) is 8.26. The Morgan fingerprint density at radius 1 is 1.13 bits per heavy atom. The molecule has 1 aromatic heterocycles. The van der Waals surface area contributed by atoms with Gasteiger partial charge < -0.3 is 10.6 Å². The Morgan fingerprint density at radius 3 is 2.53 bits per heavy atom. The van der Waals surface area contributed by atoms with Crippen molar-refractivity contribution in [2.75, 3.05) is 11.9 Å². The molecular formula is C23H26N4O3. The molecule has 4 amide bonds. The molecule has 1 aliphatic heterocycles. The molecule has 1 spiro atoms. The van der Waals surface area contributed by atoms with E-state index in [-0.39, 0.29) is 24.3 Å². The average Bonchev–Trinajstić information content (AvgIpc) is 2.97. The third kappa shape index (κ3) is 3.92. The Labute approximate surface area is 175 Å². The number of carbonyl (C=O) groups is 3. The molecule has 2 aromatic rings. The summed E-state index contributed by atoms with van der Waals surface area (Å²) in [4.78, 5) is 42.9. The monoisotopic (exact) mass is 406 g/mol. The van der Waals surface area contributed by atoms with Crippen molar-refractivity contribution in [3.8, 4) is 0 Å². The number of aromatic nitrogens is 1. The van der Waals surface area contributed by atoms with E-state index < -0.39 is 11.6 Å². The van der Waals surface area contributed by atoms with Crippen LogP contribution < -0.4 is 10.6 Å². The summed E-state index contributed by atoms with van der Waals surface area (Å²) >= 11 is 0. The molecular weight excluding hydrogens is 380 g/mol. The molecule has 156 valence electrons. The Hall–Kier alpha value is -3.22. The van der Waals surface area contributed by atoms with Crippen molar-refractivity contribution in [1.29, 1.82) is 0 Å². The zero-order valence-corrected chi connectivity index (χ0v) is 17.1. The number of hydrogen-bond donors (Lipinski definition) is 2. The number of imide groups is 1. The van der Waals surface area contributed by atoms with Gasteiger partial charge in [-0.1, -0.05) is 31.9 Å². The Morgan fingerprint density at radius 2 is 1.83 bits per heavy atom. The van der Waals surface area contributed by atoms with Gasteiger partial charge in [-0.2, -0.15) is 0 Å². The maximum Gasteiger partial charge on any atom is 0.325 e. The summed E-state index contributed by atoms with van der Waals surface area (Å²) < 4.78 is 0. The molecule has 30 heavy (non-hydrogen) atoms. The quantitative estimate of drug-likeness (QED) is 0.747. The summed E-state index contributed by atoms with van der Waals surface area (Å²) in [5.74, 6) is -0.591. The summed E-state index contributed by atoms with van der Waals surface area (Å²) in [7, 11) is 0. The fourth-order valence-corrected chi connectivity index (χ4v) is 4.43. The van der Waals surface area contributed by atoms with Gasteiger partial charge in [-0.15, -0.1) is 0 Å². The molecule has 1 aliphatic carbocycles. The number of urea groups is 1. The smallest absolute Gasteiger partial charge is 0.325 e. The Kier molecular flexibility index (Phi) is 5.53. The molecule has 2 atom stereocenters. The van der Waals surface area contributed by atoms with Crippen molar-refractivity contribution >= 4 is 23.5 Å². The molecule has 1 saturated carbocycles. The lowest BCUT2D eigenvalue weighted by molar-refractivity contribution is -0.136. The lowest BCUT2D eigenvalue weighted by Gasteiger charge is -2.36. The van der Waals surface area contributed by atoms with Crippen molar-refractivity contribution in [2.24, 2.45) is 5.92 Å². The highest BCUT2D eigenvalue weighted by Gasteiger charge is 2.55. The van der Waals surface area contributed by atoms with Crippen LogP contribution in [0, 0.1) is 5.92 Å². The van der Waals surface area contributed by atoms with Gasteiger partial charge in [-0.3, -0.25) is 19.5 Å². The minimum Gasteiger partial charge on any atom is -0.325 e. The highest BCUT2D eigenvalue weighted by Crippen LogP contribution is 2.38. The molecule has 7 heteroatoms. The number of rotatable bonds is 5. The summed E-state index contributed by atoms with van der Waals surface area (Å²) in [6, 6.07) is 11.0. The lowest BCUT2D eigenvalue weighted by Crippen LogP contribution is -2.54. The molecule has 1 aromatic carbocycles. The first-order chi connectivity index (χ1) is 14.5. The zero-order chi connectivity index (χ0) is 21.1. The van der Waals surface area contributed by atoms with E-state index in [1.807, 2.05) is 43.3 Å². The maximum absolute atomic E-state index is 13.0. The van der Waals surface area contributed by atoms with Gasteiger partial charge in [0.05, 0.1) is 0 Å². The van der Waals surface area contributed by atoms with E-state index in [4.69, 9.17) is 0 Å². The largest absolute Gasteiger partial charge is 0.325 e. The normalized spacial score (nSPS) is 23.5. The van der Waals surface area contributed by atoms with Crippen LogP contribution in [0.3, 0.4) is 0 Å². The first-order valence-electron chi connectivity index (χ1n) is 10.4. The van der Waals surface area contributed by atoms with E-state index in [0.29, 0.717) is 12.1 Å². The third-order valence-corrected chi connectivity index (χ3v) is 6.20. The van der Waals surface area contributed by atoms with Crippen LogP contribution in [-0.2, 0) is 16.0 Å². The van der Waals surface area contributed by atoms with Gasteiger partial charge in [0.1, 0.15) is 12.1 Å². The number of pyridine rings is 1. The molecule has 7 nitrogen and oxygen atoms in total. The average molecular weight is 406 g/mol. The number of hydrogen-bond acceptors (Lipinski definition) is 4. The summed E-state index contributed by atoms with van der Waals surface area (Å²) in [6.07, 6.45) is 7.80. The maximum atomic E-state index is 13.0. The van der Waals surface area contributed by atoms with Crippen LogP contribution in [0.25, 0.3) is 0 Å². The van der Waals surface area contributed by atoms with Crippen LogP contribution in [-0.4, -0.2) is 39.8 Å². The van der Waals surface area contributed by atoms with E-state index in [9.17, 15) is 14.4 Å². The second-order valence-corrected chi connectivity index (χ2v) is 8.22. The summed E-state index contributed by atoms with van der Waals surface area (Å²) in [5.41, 5.74) is 2.06. The second-order valence-electron chi connectivity index (χ2n) is 8.22. The van der Waals surface area contributed by atoms with Crippen molar-refractivity contribution in [3.05, 3.63) is 59.9 Å². The van der Waals surface area contributed by atoms with Crippen LogP contribution in [0.1, 0.15) is 43.7 Å². The molecule has 2 fully saturated rings. The van der Waals surface area contributed by atoms with Gasteiger partial charge in [0.25, 0.3) is 5.91 Å². The highest BCUT2D eigenvalue weighted by atomic mass is 16.2. The van der Waals surface area contributed by atoms with E-state index in [1.165, 1.54) is 0 Å². The van der Waals surface area contributed by atoms with Crippen molar-refractivity contribution < 1.29 is 14.4 Å². The van der Waals surface area contributed by atoms with Gasteiger partial charge in [0, 0.05) is 18.1 Å². The fourth-order valence-electron chi connectivity index (χ4n) is 4.43. The molecule has 0 bridgehead atoms. The van der Waals surface area contributed by atoms with Crippen LogP contribution in [0.4, 0.5) is 10.5 Å². The Balaban J connectivity index is 1.36. The molecule has 1 saturated heterocycles. The first kappa shape index (κ1) is 20.1. The predicted molar refractivity (Wildman–Crippen MR) is 113 cm³/mol.